The molecule has 0 amide bonds. The van der Waals surface area contributed by atoms with Gasteiger partial charge in [-0.15, -0.1) is 0 Å². The van der Waals surface area contributed by atoms with Crippen molar-refractivity contribution >= 4 is 5.69 Å². The van der Waals surface area contributed by atoms with Crippen LogP contribution < -0.4 is 5.32 Å². The van der Waals surface area contributed by atoms with E-state index in [-0.39, 0.29) is 17.6 Å². The molecule has 0 aliphatic rings. The number of halogens is 1. The number of nitrogens with one attached hydrogen (secondary N) is 1. The fourth-order valence-electron chi connectivity index (χ4n) is 1.83. The van der Waals surface area contributed by atoms with Gasteiger partial charge in [0, 0.05) is 11.7 Å². The lowest BCUT2D eigenvalue weighted by Gasteiger charge is -2.17. The molecule has 0 radical (unpaired) electrons. The maximum atomic E-state index is 13.2. The molecule has 1 unspecified atom stereocenters. The van der Waals surface area contributed by atoms with E-state index in [0.717, 1.165) is 16.8 Å². The summed E-state index contributed by atoms with van der Waals surface area (Å²) in [4.78, 5) is 0. The molecule has 0 aromatic heterocycles. The molecule has 0 heterocycles. The Hall–Kier alpha value is -2.03. The zero-order valence-electron chi connectivity index (χ0n) is 10.4. The summed E-state index contributed by atoms with van der Waals surface area (Å²) in [6.07, 6.45) is 0. The smallest absolute Gasteiger partial charge is 0.125 e. The van der Waals surface area contributed by atoms with Crippen LogP contribution in [0.15, 0.2) is 42.5 Å². The molecule has 0 bridgehead atoms. The lowest BCUT2D eigenvalue weighted by molar-refractivity contribution is 0.475. The second-order valence-electron chi connectivity index (χ2n) is 4.42. The van der Waals surface area contributed by atoms with Gasteiger partial charge >= 0.3 is 0 Å². The summed E-state index contributed by atoms with van der Waals surface area (Å²) < 4.78 is 13.2. The van der Waals surface area contributed by atoms with Crippen LogP contribution in [-0.4, -0.2) is 5.11 Å². The van der Waals surface area contributed by atoms with Gasteiger partial charge in [0.25, 0.3) is 0 Å². The Kier molecular flexibility index (Phi) is 3.51. The van der Waals surface area contributed by atoms with Gasteiger partial charge in [-0.2, -0.15) is 0 Å². The van der Waals surface area contributed by atoms with Crippen LogP contribution in [0.4, 0.5) is 10.1 Å². The maximum absolute atomic E-state index is 13.2. The highest BCUT2D eigenvalue weighted by Gasteiger charge is 2.07. The molecule has 2 nitrogen and oxygen atoms in total. The first-order chi connectivity index (χ1) is 8.56. The minimum atomic E-state index is -0.249. The Morgan fingerprint density at radius 3 is 2.44 bits per heavy atom. The van der Waals surface area contributed by atoms with Crippen molar-refractivity contribution in [1.82, 2.24) is 0 Å². The maximum Gasteiger partial charge on any atom is 0.125 e. The van der Waals surface area contributed by atoms with Crippen molar-refractivity contribution < 1.29 is 9.50 Å². The number of benzene rings is 2. The molecule has 0 aliphatic carbocycles. The fraction of sp³-hybridized carbons (Fsp3) is 0.200. The average molecular weight is 245 g/mol. The lowest BCUT2D eigenvalue weighted by atomic mass is 10.1. The standard InChI is InChI=1S/C15H16FNO/c1-10-3-6-13(16)9-15(10)17-11(2)12-4-7-14(18)8-5-12/h3-9,11,17-18H,1-2H3. The second kappa shape index (κ2) is 5.08. The number of rotatable bonds is 3. The number of aromatic hydroxyl groups is 1. The van der Waals surface area contributed by atoms with Gasteiger partial charge < -0.3 is 10.4 Å². The van der Waals surface area contributed by atoms with E-state index < -0.39 is 0 Å². The van der Waals surface area contributed by atoms with E-state index in [1.165, 1.54) is 12.1 Å². The number of anilines is 1. The Bertz CT molecular complexity index is 537. The molecule has 0 spiro atoms. The summed E-state index contributed by atoms with van der Waals surface area (Å²) in [5, 5.41) is 12.5. The van der Waals surface area contributed by atoms with Crippen LogP contribution >= 0.6 is 0 Å². The molecule has 2 rings (SSSR count). The van der Waals surface area contributed by atoms with Gasteiger partial charge in [-0.25, -0.2) is 4.39 Å². The highest BCUT2D eigenvalue weighted by Crippen LogP contribution is 2.24. The highest BCUT2D eigenvalue weighted by molar-refractivity contribution is 5.52. The minimum absolute atomic E-state index is 0.0473. The molecule has 3 heteroatoms. The molecule has 18 heavy (non-hydrogen) atoms. The van der Waals surface area contributed by atoms with Crippen LogP contribution in [0, 0.1) is 12.7 Å². The van der Waals surface area contributed by atoms with E-state index in [4.69, 9.17) is 0 Å². The number of aryl methyl sites for hydroxylation is 1. The van der Waals surface area contributed by atoms with Crippen LogP contribution in [0.25, 0.3) is 0 Å². The zero-order valence-corrected chi connectivity index (χ0v) is 10.4. The molecule has 0 fully saturated rings. The third-order valence-electron chi connectivity index (χ3n) is 2.96. The first-order valence-corrected chi connectivity index (χ1v) is 5.88. The Balaban J connectivity index is 2.18. The minimum Gasteiger partial charge on any atom is -0.508 e. The number of hydrogen-bond donors (Lipinski definition) is 2. The molecule has 0 aliphatic heterocycles. The van der Waals surface area contributed by atoms with Crippen LogP contribution in [0.3, 0.4) is 0 Å². The summed E-state index contributed by atoms with van der Waals surface area (Å²) in [5.74, 6) is -0.00566. The monoisotopic (exact) mass is 245 g/mol. The van der Waals surface area contributed by atoms with Crippen molar-refractivity contribution in [2.75, 3.05) is 5.32 Å². The second-order valence-corrected chi connectivity index (χ2v) is 4.42. The first-order valence-electron chi connectivity index (χ1n) is 5.88. The molecule has 2 aromatic carbocycles. The van der Waals surface area contributed by atoms with Gasteiger partial charge in [0.05, 0.1) is 0 Å². The third-order valence-corrected chi connectivity index (χ3v) is 2.96. The van der Waals surface area contributed by atoms with E-state index >= 15 is 0 Å². The van der Waals surface area contributed by atoms with E-state index in [9.17, 15) is 9.50 Å². The summed E-state index contributed by atoms with van der Waals surface area (Å²) >= 11 is 0. The zero-order chi connectivity index (χ0) is 13.1. The molecular weight excluding hydrogens is 229 g/mol. The molecule has 2 aromatic rings. The average Bonchev–Trinajstić information content (AvgIpc) is 2.34. The summed E-state index contributed by atoms with van der Waals surface area (Å²) in [6.45, 7) is 3.93. The van der Waals surface area contributed by atoms with Gasteiger partial charge in [0.2, 0.25) is 0 Å². The molecule has 2 N–H and O–H groups in total. The topological polar surface area (TPSA) is 32.3 Å². The lowest BCUT2D eigenvalue weighted by Crippen LogP contribution is -2.07. The van der Waals surface area contributed by atoms with Crippen molar-refractivity contribution in [3.05, 3.63) is 59.4 Å². The molecular formula is C15H16FNO. The van der Waals surface area contributed by atoms with Crippen molar-refractivity contribution in [2.24, 2.45) is 0 Å². The Morgan fingerprint density at radius 2 is 1.78 bits per heavy atom. The van der Waals surface area contributed by atoms with Crippen molar-refractivity contribution in [3.8, 4) is 5.75 Å². The number of phenolic OH excluding ortho intramolecular Hbond substituents is 1. The fourth-order valence-corrected chi connectivity index (χ4v) is 1.83. The first kappa shape index (κ1) is 12.4. The normalized spacial score (nSPS) is 12.2. The van der Waals surface area contributed by atoms with Crippen LogP contribution in [0.5, 0.6) is 5.75 Å². The Labute approximate surface area is 106 Å². The predicted molar refractivity (Wildman–Crippen MR) is 71.3 cm³/mol. The summed E-state index contributed by atoms with van der Waals surface area (Å²) in [7, 11) is 0. The van der Waals surface area contributed by atoms with Gasteiger partial charge in [0.1, 0.15) is 11.6 Å². The summed E-state index contributed by atoms with van der Waals surface area (Å²) in [6, 6.07) is 11.7. The van der Waals surface area contributed by atoms with Crippen molar-refractivity contribution in [1.29, 1.82) is 0 Å². The third kappa shape index (κ3) is 2.80. The van der Waals surface area contributed by atoms with E-state index in [1.807, 2.05) is 26.0 Å². The van der Waals surface area contributed by atoms with Crippen molar-refractivity contribution in [2.45, 2.75) is 19.9 Å². The highest BCUT2D eigenvalue weighted by atomic mass is 19.1. The van der Waals surface area contributed by atoms with Gasteiger partial charge in [0.15, 0.2) is 0 Å². The SMILES string of the molecule is Cc1ccc(F)cc1NC(C)c1ccc(O)cc1. The molecule has 0 saturated heterocycles. The number of phenols is 1. The number of hydrogen-bond acceptors (Lipinski definition) is 2. The van der Waals surface area contributed by atoms with Gasteiger partial charge in [-0.1, -0.05) is 18.2 Å². The summed E-state index contributed by atoms with van der Waals surface area (Å²) in [5.41, 5.74) is 2.83. The van der Waals surface area contributed by atoms with E-state index in [1.54, 1.807) is 18.2 Å². The van der Waals surface area contributed by atoms with Gasteiger partial charge in [-0.3, -0.25) is 0 Å². The van der Waals surface area contributed by atoms with Crippen LogP contribution in [0.2, 0.25) is 0 Å². The largest absolute Gasteiger partial charge is 0.508 e. The van der Waals surface area contributed by atoms with E-state index in [2.05, 4.69) is 5.32 Å². The van der Waals surface area contributed by atoms with E-state index in [0.29, 0.717) is 0 Å². The molecule has 94 valence electrons. The van der Waals surface area contributed by atoms with Crippen LogP contribution in [-0.2, 0) is 0 Å². The van der Waals surface area contributed by atoms with Crippen molar-refractivity contribution in [3.63, 3.8) is 0 Å². The quantitative estimate of drug-likeness (QED) is 0.856. The molecule has 1 atom stereocenters. The van der Waals surface area contributed by atoms with Crippen LogP contribution in [0.1, 0.15) is 24.1 Å². The Morgan fingerprint density at radius 1 is 1.11 bits per heavy atom. The molecule has 0 saturated carbocycles. The van der Waals surface area contributed by atoms with Gasteiger partial charge in [-0.05, 0) is 49.2 Å². The predicted octanol–water partition coefficient (Wildman–Crippen LogP) is 4.01.